The zero-order valence-corrected chi connectivity index (χ0v) is 16.5. The van der Waals surface area contributed by atoms with Gasteiger partial charge in [0.05, 0.1) is 13.2 Å². The summed E-state index contributed by atoms with van der Waals surface area (Å²) in [4.78, 5) is 38.3. The van der Waals surface area contributed by atoms with E-state index in [1.807, 2.05) is 17.0 Å². The second-order valence-corrected chi connectivity index (χ2v) is 7.84. The normalized spacial score (nSPS) is 18.0. The van der Waals surface area contributed by atoms with E-state index in [-0.39, 0.29) is 11.9 Å². The maximum atomic E-state index is 12.4. The van der Waals surface area contributed by atoms with Gasteiger partial charge in [-0.3, -0.25) is 14.4 Å². The summed E-state index contributed by atoms with van der Waals surface area (Å²) in [7, 11) is 0. The van der Waals surface area contributed by atoms with Crippen LogP contribution in [0.5, 0.6) is 0 Å². The lowest BCUT2D eigenvalue weighted by atomic mass is 9.95. The zero-order chi connectivity index (χ0) is 20.2. The van der Waals surface area contributed by atoms with Gasteiger partial charge in [0.25, 0.3) is 16.8 Å². The van der Waals surface area contributed by atoms with Crippen LogP contribution in [0.3, 0.4) is 0 Å². The molecule has 4 rings (SSSR count). The molecule has 0 unspecified atom stereocenters. The van der Waals surface area contributed by atoms with Gasteiger partial charge in [-0.25, -0.2) is 0 Å². The highest BCUT2D eigenvalue weighted by atomic mass is 16.5. The molecule has 2 N–H and O–H groups in total. The average Bonchev–Trinajstić information content (AvgIpc) is 2.77. The Morgan fingerprint density at radius 1 is 1.00 bits per heavy atom. The van der Waals surface area contributed by atoms with Gasteiger partial charge in [0.15, 0.2) is 0 Å². The first-order valence-corrected chi connectivity index (χ1v) is 10.4. The lowest BCUT2D eigenvalue weighted by Crippen LogP contribution is -2.46. The lowest BCUT2D eigenvalue weighted by Gasteiger charge is -2.30. The number of hydrogen-bond donors (Lipinski definition) is 2. The Hall–Kier alpha value is -2.67. The maximum absolute atomic E-state index is 12.4. The molecule has 154 valence electrons. The van der Waals surface area contributed by atoms with E-state index in [2.05, 4.69) is 10.6 Å². The fourth-order valence-corrected chi connectivity index (χ4v) is 4.11. The molecule has 2 aromatic carbocycles. The number of morpholine rings is 1. The zero-order valence-electron chi connectivity index (χ0n) is 16.5. The summed E-state index contributed by atoms with van der Waals surface area (Å²) >= 11 is 0. The van der Waals surface area contributed by atoms with E-state index in [1.165, 1.54) is 19.3 Å². The van der Waals surface area contributed by atoms with Gasteiger partial charge in [-0.1, -0.05) is 31.4 Å². The van der Waals surface area contributed by atoms with Crippen LogP contribution in [0.15, 0.2) is 33.9 Å². The average molecular weight is 397 g/mol. The number of carbonyl (C=O) groups excluding carboxylic acids is 1. The molecule has 0 spiro atoms. The lowest BCUT2D eigenvalue weighted by molar-refractivity contribution is 0.0927. The Kier molecular flexibility index (Phi) is 5.94. The summed E-state index contributed by atoms with van der Waals surface area (Å²) in [5.41, 5.74) is 1.56. The van der Waals surface area contributed by atoms with Crippen molar-refractivity contribution < 1.29 is 9.53 Å². The van der Waals surface area contributed by atoms with E-state index in [0.717, 1.165) is 18.4 Å². The van der Waals surface area contributed by atoms with Crippen LogP contribution in [0.4, 0.5) is 11.4 Å². The summed E-state index contributed by atoms with van der Waals surface area (Å²) in [6.45, 7) is 2.77. The van der Waals surface area contributed by atoms with Crippen molar-refractivity contribution in [2.75, 3.05) is 36.5 Å². The molecule has 2 aromatic rings. The number of benzene rings is 1. The molecule has 0 atom stereocenters. The topological polar surface area (TPSA) is 87.7 Å². The van der Waals surface area contributed by atoms with E-state index in [1.54, 1.807) is 12.1 Å². The number of nitrogens with one attached hydrogen (secondary N) is 2. The summed E-state index contributed by atoms with van der Waals surface area (Å²) in [6, 6.07) is 7.65. The molecule has 0 aromatic heterocycles. The van der Waals surface area contributed by atoms with Gasteiger partial charge in [-0.15, -0.1) is 0 Å². The Morgan fingerprint density at radius 3 is 2.38 bits per heavy atom. The Morgan fingerprint density at radius 2 is 1.69 bits per heavy atom. The molecular weight excluding hydrogens is 370 g/mol. The van der Waals surface area contributed by atoms with Crippen LogP contribution in [0.1, 0.15) is 48.0 Å². The number of carbonyl (C=O) groups is 1. The highest BCUT2D eigenvalue weighted by Crippen LogP contribution is 2.22. The number of hydrogen-bond acceptors (Lipinski definition) is 6. The minimum Gasteiger partial charge on any atom is -0.378 e. The van der Waals surface area contributed by atoms with Crippen LogP contribution in [-0.2, 0) is 11.3 Å². The number of nitrogens with zero attached hydrogens (tertiary/aromatic N) is 1. The van der Waals surface area contributed by atoms with E-state index >= 15 is 0 Å². The van der Waals surface area contributed by atoms with Gasteiger partial charge in [-0.2, -0.15) is 0 Å². The monoisotopic (exact) mass is 397 g/mol. The maximum Gasteiger partial charge on any atom is 0.253 e. The van der Waals surface area contributed by atoms with Crippen molar-refractivity contribution in [1.82, 2.24) is 5.32 Å². The van der Waals surface area contributed by atoms with Crippen LogP contribution >= 0.6 is 0 Å². The molecule has 0 bridgehead atoms. The van der Waals surface area contributed by atoms with Crippen LogP contribution < -0.4 is 26.4 Å². The van der Waals surface area contributed by atoms with Crippen molar-refractivity contribution >= 4 is 17.3 Å². The van der Waals surface area contributed by atoms with Crippen LogP contribution in [0.2, 0.25) is 0 Å². The first kappa shape index (κ1) is 19.6. The van der Waals surface area contributed by atoms with Crippen molar-refractivity contribution in [2.24, 2.45) is 0 Å². The van der Waals surface area contributed by atoms with E-state index in [9.17, 15) is 14.4 Å². The first-order chi connectivity index (χ1) is 14.1. The molecule has 2 aliphatic rings. The highest BCUT2D eigenvalue weighted by molar-refractivity contribution is 5.94. The molecule has 29 heavy (non-hydrogen) atoms. The molecule has 2 fully saturated rings. The molecular formula is C22H27N3O4. The third-order valence-corrected chi connectivity index (χ3v) is 5.84. The van der Waals surface area contributed by atoms with Crippen molar-refractivity contribution in [3.8, 4) is 0 Å². The Bertz CT molecular complexity index is 919. The van der Waals surface area contributed by atoms with Crippen molar-refractivity contribution in [2.45, 2.75) is 44.7 Å². The van der Waals surface area contributed by atoms with Gasteiger partial charge in [0.1, 0.15) is 11.4 Å². The van der Waals surface area contributed by atoms with Crippen LogP contribution in [-0.4, -0.2) is 38.3 Å². The second kappa shape index (κ2) is 8.78. The minimum atomic E-state index is -0.463. The van der Waals surface area contributed by atoms with Gasteiger partial charge < -0.3 is 20.3 Å². The molecule has 7 heteroatoms. The number of rotatable bonds is 6. The number of amides is 1. The van der Waals surface area contributed by atoms with Crippen LogP contribution in [0.25, 0.3) is 0 Å². The molecule has 1 aliphatic carbocycles. The van der Waals surface area contributed by atoms with E-state index < -0.39 is 10.9 Å². The van der Waals surface area contributed by atoms with Gasteiger partial charge in [0.2, 0.25) is 0 Å². The minimum absolute atomic E-state index is 0.0338. The molecule has 1 heterocycles. The van der Waals surface area contributed by atoms with Crippen LogP contribution in [0, 0.1) is 0 Å². The van der Waals surface area contributed by atoms with Gasteiger partial charge in [0, 0.05) is 31.2 Å². The summed E-state index contributed by atoms with van der Waals surface area (Å²) in [5.74, 6) is -0.0338. The second-order valence-electron chi connectivity index (χ2n) is 7.84. The number of anilines is 2. The summed E-state index contributed by atoms with van der Waals surface area (Å²) in [6.07, 6.45) is 5.73. The van der Waals surface area contributed by atoms with Crippen molar-refractivity contribution in [3.63, 3.8) is 0 Å². The predicted octanol–water partition coefficient (Wildman–Crippen LogP) is 1.79. The predicted molar refractivity (Wildman–Crippen MR) is 112 cm³/mol. The summed E-state index contributed by atoms with van der Waals surface area (Å²) < 4.78 is 5.31. The smallest absolute Gasteiger partial charge is 0.253 e. The van der Waals surface area contributed by atoms with Crippen molar-refractivity contribution in [3.05, 3.63) is 55.8 Å². The molecule has 1 saturated heterocycles. The Labute approximate surface area is 169 Å². The summed E-state index contributed by atoms with van der Waals surface area (Å²) in [5, 5.41) is 6.22. The molecule has 0 radical (unpaired) electrons. The Balaban J connectivity index is 1.35. The third kappa shape index (κ3) is 4.34. The SMILES string of the molecule is O=C(NC1CCCCC1)c1ccc(CNc2c(N3CCOCC3)c(=O)c2=O)cc1. The third-order valence-electron chi connectivity index (χ3n) is 5.84. The van der Waals surface area contributed by atoms with Crippen molar-refractivity contribution in [1.29, 1.82) is 0 Å². The quantitative estimate of drug-likeness (QED) is 0.723. The largest absolute Gasteiger partial charge is 0.378 e. The molecule has 7 nitrogen and oxygen atoms in total. The number of ether oxygens (including phenoxy) is 1. The first-order valence-electron chi connectivity index (χ1n) is 10.4. The standard InChI is InChI=1S/C22H27N3O4/c26-20-18(19(21(20)27)25-10-12-29-13-11-25)23-14-15-6-8-16(9-7-15)22(28)24-17-4-2-1-3-5-17/h6-9,17,23H,1-5,10-14H2,(H,24,28). The van der Waals surface area contributed by atoms with Gasteiger partial charge >= 0.3 is 0 Å². The molecule has 1 aliphatic heterocycles. The fourth-order valence-electron chi connectivity index (χ4n) is 4.11. The fraction of sp³-hybridized carbons (Fsp3) is 0.500. The highest BCUT2D eigenvalue weighted by Gasteiger charge is 2.27. The molecule has 1 saturated carbocycles. The van der Waals surface area contributed by atoms with Gasteiger partial charge in [-0.05, 0) is 30.5 Å². The molecule has 1 amide bonds. The van der Waals surface area contributed by atoms with E-state index in [4.69, 9.17) is 4.74 Å². The van der Waals surface area contributed by atoms with E-state index in [0.29, 0.717) is 49.8 Å².